The van der Waals surface area contributed by atoms with Crippen LogP contribution >= 0.6 is 22.6 Å². The Hall–Kier alpha value is -2.42. The predicted molar refractivity (Wildman–Crippen MR) is 91.5 cm³/mol. The van der Waals surface area contributed by atoms with Gasteiger partial charge in [0.2, 0.25) is 0 Å². The van der Waals surface area contributed by atoms with Crippen molar-refractivity contribution in [3.63, 3.8) is 0 Å². The zero-order valence-electron chi connectivity index (χ0n) is 11.8. The van der Waals surface area contributed by atoms with Gasteiger partial charge in [0.05, 0.1) is 11.1 Å². The molecule has 0 aromatic heterocycles. The molecule has 0 saturated heterocycles. The smallest absolute Gasteiger partial charge is 0.262 e. The number of amides is 3. The minimum Gasteiger partial charge on any atom is -0.484 e. The molecule has 116 valence electrons. The molecule has 2 N–H and O–H groups in total. The maximum absolute atomic E-state index is 11.9. The van der Waals surface area contributed by atoms with Gasteiger partial charge in [0.25, 0.3) is 17.7 Å². The number of imide groups is 1. The third-order valence-corrected chi connectivity index (χ3v) is 3.92. The Bertz CT molecular complexity index is 802. The summed E-state index contributed by atoms with van der Waals surface area (Å²) in [7, 11) is 0. The van der Waals surface area contributed by atoms with Crippen molar-refractivity contribution in [1.29, 1.82) is 0 Å². The molecular weight excluding hydrogens is 411 g/mol. The van der Waals surface area contributed by atoms with Crippen molar-refractivity contribution in [2.24, 2.45) is 0 Å². The summed E-state index contributed by atoms with van der Waals surface area (Å²) in [5.74, 6) is -0.645. The second-order valence-electron chi connectivity index (χ2n) is 4.83. The number of hydrogen-bond acceptors (Lipinski definition) is 4. The molecule has 1 heterocycles. The number of carbonyl (C=O) groups is 3. The molecular formula is C16H11IN2O4. The van der Waals surface area contributed by atoms with E-state index in [1.54, 1.807) is 18.2 Å². The van der Waals surface area contributed by atoms with Crippen LogP contribution in [0.2, 0.25) is 0 Å². The standard InChI is InChI=1S/C16H11IN2O4/c17-9-1-4-11(5-2-9)23-8-14(20)18-10-3-6-12-13(7-10)16(22)19-15(12)21/h1-7H,8H2,(H,18,20)(H,19,21,22). The summed E-state index contributed by atoms with van der Waals surface area (Å²) < 4.78 is 6.45. The van der Waals surface area contributed by atoms with E-state index in [0.29, 0.717) is 17.0 Å². The van der Waals surface area contributed by atoms with Gasteiger partial charge in [0.15, 0.2) is 6.61 Å². The van der Waals surface area contributed by atoms with Gasteiger partial charge in [-0.1, -0.05) is 0 Å². The molecule has 0 spiro atoms. The van der Waals surface area contributed by atoms with E-state index < -0.39 is 11.8 Å². The van der Waals surface area contributed by atoms with E-state index in [9.17, 15) is 14.4 Å². The Balaban J connectivity index is 1.62. The van der Waals surface area contributed by atoms with Crippen LogP contribution < -0.4 is 15.4 Å². The fourth-order valence-electron chi connectivity index (χ4n) is 2.12. The lowest BCUT2D eigenvalue weighted by molar-refractivity contribution is -0.118. The highest BCUT2D eigenvalue weighted by atomic mass is 127. The molecule has 1 aliphatic rings. The first kappa shape index (κ1) is 15.5. The van der Waals surface area contributed by atoms with Crippen molar-refractivity contribution in [2.75, 3.05) is 11.9 Å². The summed E-state index contributed by atoms with van der Waals surface area (Å²) in [4.78, 5) is 34.9. The van der Waals surface area contributed by atoms with Gasteiger partial charge in [0, 0.05) is 9.26 Å². The minimum atomic E-state index is -0.462. The summed E-state index contributed by atoms with van der Waals surface area (Å²) in [5, 5.41) is 4.83. The molecule has 2 aromatic carbocycles. The van der Waals surface area contributed by atoms with Crippen molar-refractivity contribution in [2.45, 2.75) is 0 Å². The molecule has 7 heteroatoms. The fourth-order valence-corrected chi connectivity index (χ4v) is 2.48. The van der Waals surface area contributed by atoms with Gasteiger partial charge in [-0.25, -0.2) is 0 Å². The maximum Gasteiger partial charge on any atom is 0.262 e. The van der Waals surface area contributed by atoms with Crippen LogP contribution in [0.25, 0.3) is 0 Å². The second-order valence-corrected chi connectivity index (χ2v) is 6.08. The Labute approximate surface area is 145 Å². The number of rotatable bonds is 4. The van der Waals surface area contributed by atoms with Gasteiger partial charge in [-0.15, -0.1) is 0 Å². The van der Waals surface area contributed by atoms with E-state index in [1.165, 1.54) is 12.1 Å². The zero-order valence-corrected chi connectivity index (χ0v) is 13.9. The van der Waals surface area contributed by atoms with E-state index in [4.69, 9.17) is 4.74 Å². The first-order chi connectivity index (χ1) is 11.0. The lowest BCUT2D eigenvalue weighted by Crippen LogP contribution is -2.20. The monoisotopic (exact) mass is 422 g/mol. The number of anilines is 1. The maximum atomic E-state index is 11.9. The van der Waals surface area contributed by atoms with Crippen molar-refractivity contribution in [3.8, 4) is 5.75 Å². The molecule has 3 rings (SSSR count). The van der Waals surface area contributed by atoms with Crippen molar-refractivity contribution < 1.29 is 19.1 Å². The normalized spacial score (nSPS) is 12.6. The SMILES string of the molecule is O=C(COc1ccc(I)cc1)Nc1ccc2c(c1)C(=O)NC2=O. The van der Waals surface area contributed by atoms with Crippen molar-refractivity contribution >= 4 is 46.0 Å². The molecule has 0 radical (unpaired) electrons. The summed E-state index contributed by atoms with van der Waals surface area (Å²) in [6.45, 7) is -0.150. The summed E-state index contributed by atoms with van der Waals surface area (Å²) >= 11 is 2.18. The van der Waals surface area contributed by atoms with Crippen LogP contribution in [0.3, 0.4) is 0 Å². The first-order valence-corrected chi connectivity index (χ1v) is 7.79. The van der Waals surface area contributed by atoms with Crippen LogP contribution in [0.4, 0.5) is 5.69 Å². The molecule has 0 saturated carbocycles. The van der Waals surface area contributed by atoms with Crippen molar-refractivity contribution in [3.05, 3.63) is 57.2 Å². The predicted octanol–water partition coefficient (Wildman–Crippen LogP) is 2.19. The largest absolute Gasteiger partial charge is 0.484 e. The third kappa shape index (κ3) is 3.50. The average molecular weight is 422 g/mol. The number of carbonyl (C=O) groups excluding carboxylic acids is 3. The minimum absolute atomic E-state index is 0.150. The van der Waals surface area contributed by atoms with E-state index in [1.807, 2.05) is 12.1 Å². The second kappa shape index (κ2) is 6.37. The highest BCUT2D eigenvalue weighted by Crippen LogP contribution is 2.20. The summed E-state index contributed by atoms with van der Waals surface area (Å²) in [5.41, 5.74) is 0.999. The number of hydrogen-bond donors (Lipinski definition) is 2. The molecule has 6 nitrogen and oxygen atoms in total. The van der Waals surface area contributed by atoms with Crippen LogP contribution in [0, 0.1) is 3.57 Å². The molecule has 0 aliphatic carbocycles. The lowest BCUT2D eigenvalue weighted by atomic mass is 10.1. The van der Waals surface area contributed by atoms with E-state index in [0.717, 1.165) is 3.57 Å². The van der Waals surface area contributed by atoms with Gasteiger partial charge < -0.3 is 10.1 Å². The van der Waals surface area contributed by atoms with Gasteiger partial charge >= 0.3 is 0 Å². The van der Waals surface area contributed by atoms with Crippen LogP contribution in [0.5, 0.6) is 5.75 Å². The third-order valence-electron chi connectivity index (χ3n) is 3.20. The fraction of sp³-hybridized carbons (Fsp3) is 0.0625. The van der Waals surface area contributed by atoms with Gasteiger partial charge in [-0.2, -0.15) is 0 Å². The molecule has 0 unspecified atom stereocenters. The zero-order chi connectivity index (χ0) is 16.4. The summed E-state index contributed by atoms with van der Waals surface area (Å²) in [6, 6.07) is 11.9. The Morgan fingerprint density at radius 3 is 2.48 bits per heavy atom. The number of nitrogens with one attached hydrogen (secondary N) is 2. The van der Waals surface area contributed by atoms with Crippen molar-refractivity contribution in [1.82, 2.24) is 5.32 Å². The molecule has 23 heavy (non-hydrogen) atoms. The Kier molecular flexibility index (Phi) is 4.28. The van der Waals surface area contributed by atoms with Crippen LogP contribution in [-0.4, -0.2) is 24.3 Å². The van der Waals surface area contributed by atoms with Crippen LogP contribution in [0.1, 0.15) is 20.7 Å². The Morgan fingerprint density at radius 1 is 1.04 bits per heavy atom. The van der Waals surface area contributed by atoms with E-state index in [2.05, 4.69) is 33.2 Å². The summed E-state index contributed by atoms with van der Waals surface area (Å²) in [6.07, 6.45) is 0. The highest BCUT2D eigenvalue weighted by molar-refractivity contribution is 14.1. The topological polar surface area (TPSA) is 84.5 Å². The quantitative estimate of drug-likeness (QED) is 0.585. The molecule has 3 amide bonds. The van der Waals surface area contributed by atoms with Crippen LogP contribution in [0.15, 0.2) is 42.5 Å². The number of fused-ring (bicyclic) bond motifs is 1. The highest BCUT2D eigenvalue weighted by Gasteiger charge is 2.26. The van der Waals surface area contributed by atoms with Gasteiger partial charge in [-0.05, 0) is 65.1 Å². The molecule has 0 atom stereocenters. The average Bonchev–Trinajstić information content (AvgIpc) is 2.81. The van der Waals surface area contributed by atoms with Gasteiger partial charge in [-0.3, -0.25) is 19.7 Å². The lowest BCUT2D eigenvalue weighted by Gasteiger charge is -2.08. The number of ether oxygens (including phenoxy) is 1. The first-order valence-electron chi connectivity index (χ1n) is 6.71. The molecule has 0 bridgehead atoms. The molecule has 0 fully saturated rings. The molecule has 1 aliphatic heterocycles. The van der Waals surface area contributed by atoms with Gasteiger partial charge in [0.1, 0.15) is 5.75 Å². The van der Waals surface area contributed by atoms with Crippen LogP contribution in [-0.2, 0) is 4.79 Å². The number of halogens is 1. The molecule has 2 aromatic rings. The Morgan fingerprint density at radius 2 is 1.74 bits per heavy atom. The van der Waals surface area contributed by atoms with E-state index >= 15 is 0 Å². The number of benzene rings is 2. The van der Waals surface area contributed by atoms with E-state index in [-0.39, 0.29) is 18.1 Å².